The standard InChI is InChI=1S/C15H18N6/c16-8-4-5-14-12-20(19-18-14)10-13-9-17-21(11-13)15-6-2-1-3-7-15/h1-3,6-7,9,11-12H,4-5,8,10,16H2. The van der Waals surface area contributed by atoms with Gasteiger partial charge in [0.15, 0.2) is 0 Å². The highest BCUT2D eigenvalue weighted by Gasteiger charge is 2.04. The van der Waals surface area contributed by atoms with Crippen molar-refractivity contribution in [2.45, 2.75) is 19.4 Å². The minimum atomic E-state index is 0.669. The Kier molecular flexibility index (Phi) is 4.07. The maximum Gasteiger partial charge on any atom is 0.0827 e. The van der Waals surface area contributed by atoms with E-state index in [4.69, 9.17) is 5.73 Å². The van der Waals surface area contributed by atoms with E-state index in [1.165, 1.54) is 0 Å². The molecular formula is C15H18N6. The predicted molar refractivity (Wildman–Crippen MR) is 80.1 cm³/mol. The summed E-state index contributed by atoms with van der Waals surface area (Å²) in [5.74, 6) is 0. The average Bonchev–Trinajstić information content (AvgIpc) is 3.16. The van der Waals surface area contributed by atoms with Crippen molar-refractivity contribution < 1.29 is 0 Å². The number of para-hydroxylation sites is 1. The van der Waals surface area contributed by atoms with Gasteiger partial charge in [0.2, 0.25) is 0 Å². The summed E-state index contributed by atoms with van der Waals surface area (Å²) in [4.78, 5) is 0. The van der Waals surface area contributed by atoms with E-state index in [0.717, 1.165) is 29.8 Å². The Hall–Kier alpha value is -2.47. The number of nitrogens with zero attached hydrogens (tertiary/aromatic N) is 5. The van der Waals surface area contributed by atoms with Gasteiger partial charge in [0.05, 0.1) is 24.1 Å². The van der Waals surface area contributed by atoms with Crippen molar-refractivity contribution in [3.63, 3.8) is 0 Å². The molecule has 0 atom stereocenters. The fourth-order valence-electron chi connectivity index (χ4n) is 2.16. The maximum atomic E-state index is 5.50. The van der Waals surface area contributed by atoms with Gasteiger partial charge in [-0.2, -0.15) is 5.10 Å². The summed E-state index contributed by atoms with van der Waals surface area (Å²) in [5, 5.41) is 12.7. The Morgan fingerprint density at radius 1 is 1.10 bits per heavy atom. The second-order valence-corrected chi connectivity index (χ2v) is 4.93. The summed E-state index contributed by atoms with van der Waals surface area (Å²) in [6.07, 6.45) is 7.64. The van der Waals surface area contributed by atoms with Crippen LogP contribution in [0.1, 0.15) is 17.7 Å². The zero-order valence-electron chi connectivity index (χ0n) is 11.8. The molecule has 0 aliphatic carbocycles. The molecule has 0 radical (unpaired) electrons. The van der Waals surface area contributed by atoms with E-state index in [2.05, 4.69) is 15.4 Å². The quantitative estimate of drug-likeness (QED) is 0.741. The van der Waals surface area contributed by atoms with Crippen LogP contribution < -0.4 is 5.73 Å². The first-order chi connectivity index (χ1) is 10.3. The van der Waals surface area contributed by atoms with Crippen LogP contribution in [-0.2, 0) is 13.0 Å². The predicted octanol–water partition coefficient (Wildman–Crippen LogP) is 1.40. The molecule has 0 saturated heterocycles. The molecule has 1 aromatic carbocycles. The molecule has 0 saturated carbocycles. The van der Waals surface area contributed by atoms with E-state index in [1.807, 2.05) is 58.3 Å². The van der Waals surface area contributed by atoms with Gasteiger partial charge in [0.1, 0.15) is 0 Å². The Balaban J connectivity index is 1.68. The fourth-order valence-corrected chi connectivity index (χ4v) is 2.16. The highest BCUT2D eigenvalue weighted by atomic mass is 15.4. The molecule has 0 bridgehead atoms. The Morgan fingerprint density at radius 2 is 1.95 bits per heavy atom. The van der Waals surface area contributed by atoms with Crippen molar-refractivity contribution in [2.75, 3.05) is 6.54 Å². The van der Waals surface area contributed by atoms with E-state index < -0.39 is 0 Å². The molecule has 0 aliphatic rings. The third-order valence-electron chi connectivity index (χ3n) is 3.22. The van der Waals surface area contributed by atoms with Crippen LogP contribution in [0.3, 0.4) is 0 Å². The van der Waals surface area contributed by atoms with Gasteiger partial charge in [0.25, 0.3) is 0 Å². The van der Waals surface area contributed by atoms with Crippen molar-refractivity contribution in [3.05, 3.63) is 60.2 Å². The minimum absolute atomic E-state index is 0.669. The van der Waals surface area contributed by atoms with Crippen LogP contribution in [0.25, 0.3) is 5.69 Å². The van der Waals surface area contributed by atoms with Crippen LogP contribution >= 0.6 is 0 Å². The molecular weight excluding hydrogens is 264 g/mol. The molecule has 0 fully saturated rings. The molecule has 3 aromatic rings. The topological polar surface area (TPSA) is 74.6 Å². The number of benzene rings is 1. The first-order valence-electron chi connectivity index (χ1n) is 7.03. The molecule has 0 amide bonds. The molecule has 6 nitrogen and oxygen atoms in total. The van der Waals surface area contributed by atoms with Crippen molar-refractivity contribution in [2.24, 2.45) is 5.73 Å². The zero-order chi connectivity index (χ0) is 14.5. The molecule has 0 unspecified atom stereocenters. The largest absolute Gasteiger partial charge is 0.330 e. The molecule has 108 valence electrons. The first-order valence-corrected chi connectivity index (χ1v) is 7.03. The van der Waals surface area contributed by atoms with Gasteiger partial charge in [-0.15, -0.1) is 5.10 Å². The fraction of sp³-hybridized carbons (Fsp3) is 0.267. The van der Waals surface area contributed by atoms with Gasteiger partial charge in [0, 0.05) is 18.0 Å². The van der Waals surface area contributed by atoms with E-state index in [0.29, 0.717) is 13.1 Å². The Morgan fingerprint density at radius 3 is 2.76 bits per heavy atom. The Labute approximate surface area is 123 Å². The summed E-state index contributed by atoms with van der Waals surface area (Å²) in [5.41, 5.74) is 8.62. The normalized spacial score (nSPS) is 10.9. The monoisotopic (exact) mass is 282 g/mol. The van der Waals surface area contributed by atoms with Crippen LogP contribution in [0.15, 0.2) is 48.9 Å². The van der Waals surface area contributed by atoms with E-state index in [9.17, 15) is 0 Å². The summed E-state index contributed by atoms with van der Waals surface area (Å²) in [6, 6.07) is 10.0. The first kappa shape index (κ1) is 13.5. The summed E-state index contributed by atoms with van der Waals surface area (Å²) >= 11 is 0. The third-order valence-corrected chi connectivity index (χ3v) is 3.22. The number of hydrogen-bond donors (Lipinski definition) is 1. The average molecular weight is 282 g/mol. The number of hydrogen-bond acceptors (Lipinski definition) is 4. The maximum absolute atomic E-state index is 5.50. The second kappa shape index (κ2) is 6.32. The van der Waals surface area contributed by atoms with Crippen molar-refractivity contribution >= 4 is 0 Å². The van der Waals surface area contributed by atoms with E-state index >= 15 is 0 Å². The molecule has 2 N–H and O–H groups in total. The lowest BCUT2D eigenvalue weighted by molar-refractivity contribution is 0.649. The van der Waals surface area contributed by atoms with Crippen LogP contribution in [0.2, 0.25) is 0 Å². The minimum Gasteiger partial charge on any atom is -0.330 e. The smallest absolute Gasteiger partial charge is 0.0827 e. The summed E-state index contributed by atoms with van der Waals surface area (Å²) in [6.45, 7) is 1.35. The van der Waals surface area contributed by atoms with Crippen LogP contribution in [-0.4, -0.2) is 31.3 Å². The SMILES string of the molecule is NCCCc1cn(Cc2cnn(-c3ccccc3)c2)nn1. The highest BCUT2D eigenvalue weighted by molar-refractivity contribution is 5.30. The number of rotatable bonds is 6. The highest BCUT2D eigenvalue weighted by Crippen LogP contribution is 2.09. The summed E-state index contributed by atoms with van der Waals surface area (Å²) in [7, 11) is 0. The molecule has 0 aliphatic heterocycles. The van der Waals surface area contributed by atoms with E-state index in [1.54, 1.807) is 0 Å². The molecule has 2 aromatic heterocycles. The number of aryl methyl sites for hydroxylation is 1. The van der Waals surface area contributed by atoms with Crippen LogP contribution in [0, 0.1) is 0 Å². The third kappa shape index (κ3) is 3.35. The van der Waals surface area contributed by atoms with Crippen molar-refractivity contribution in [1.29, 1.82) is 0 Å². The molecule has 3 rings (SSSR count). The van der Waals surface area contributed by atoms with Crippen LogP contribution in [0.4, 0.5) is 0 Å². The molecule has 2 heterocycles. The van der Waals surface area contributed by atoms with E-state index in [-0.39, 0.29) is 0 Å². The van der Waals surface area contributed by atoms with Crippen molar-refractivity contribution in [1.82, 2.24) is 24.8 Å². The van der Waals surface area contributed by atoms with Gasteiger partial charge in [-0.25, -0.2) is 9.36 Å². The van der Waals surface area contributed by atoms with Gasteiger partial charge < -0.3 is 5.73 Å². The lowest BCUT2D eigenvalue weighted by atomic mass is 10.2. The number of nitrogens with two attached hydrogens (primary N) is 1. The Bertz CT molecular complexity index is 685. The van der Waals surface area contributed by atoms with Crippen molar-refractivity contribution in [3.8, 4) is 5.69 Å². The van der Waals surface area contributed by atoms with Crippen LogP contribution in [0.5, 0.6) is 0 Å². The van der Waals surface area contributed by atoms with Gasteiger partial charge in [-0.05, 0) is 31.5 Å². The lowest BCUT2D eigenvalue weighted by Crippen LogP contribution is -2.00. The van der Waals surface area contributed by atoms with Gasteiger partial charge in [-0.3, -0.25) is 0 Å². The van der Waals surface area contributed by atoms with Gasteiger partial charge >= 0.3 is 0 Å². The number of aromatic nitrogens is 5. The molecule has 6 heteroatoms. The lowest BCUT2D eigenvalue weighted by Gasteiger charge is -1.99. The molecule has 21 heavy (non-hydrogen) atoms. The second-order valence-electron chi connectivity index (χ2n) is 4.93. The molecule has 0 spiro atoms. The van der Waals surface area contributed by atoms with Gasteiger partial charge in [-0.1, -0.05) is 23.4 Å². The zero-order valence-corrected chi connectivity index (χ0v) is 11.8. The summed E-state index contributed by atoms with van der Waals surface area (Å²) < 4.78 is 3.69.